The fourth-order valence-electron chi connectivity index (χ4n) is 3.17. The van der Waals surface area contributed by atoms with Gasteiger partial charge in [-0.3, -0.25) is 0 Å². The minimum absolute atomic E-state index is 0.0630. The van der Waals surface area contributed by atoms with Crippen LogP contribution in [-0.2, 0) is 12.8 Å². The quantitative estimate of drug-likeness (QED) is 0.508. The van der Waals surface area contributed by atoms with E-state index in [1.54, 1.807) is 36.4 Å². The molecule has 6 nitrogen and oxygen atoms in total. The van der Waals surface area contributed by atoms with Crippen molar-refractivity contribution >= 4 is 0 Å². The number of phenols is 2. The predicted octanol–water partition coefficient (Wildman–Crippen LogP) is 2.51. The Hall–Kier alpha value is -2.44. The zero-order valence-corrected chi connectivity index (χ0v) is 15.8. The lowest BCUT2D eigenvalue weighted by atomic mass is 9.83. The van der Waals surface area contributed by atoms with Gasteiger partial charge >= 0.3 is 0 Å². The lowest BCUT2D eigenvalue weighted by molar-refractivity contribution is 0.119. The number of phenolic OH excluding ortho intramolecular Hbond substituents is 2. The maximum atomic E-state index is 9.88. The number of aliphatic hydroxyl groups is 2. The first-order valence-electron chi connectivity index (χ1n) is 9.04. The van der Waals surface area contributed by atoms with Gasteiger partial charge in [-0.1, -0.05) is 12.1 Å². The Morgan fingerprint density at radius 3 is 1.74 bits per heavy atom. The van der Waals surface area contributed by atoms with E-state index >= 15 is 0 Å². The van der Waals surface area contributed by atoms with E-state index in [1.807, 2.05) is 6.92 Å². The van der Waals surface area contributed by atoms with Gasteiger partial charge in [0.2, 0.25) is 0 Å². The number of ether oxygens (including phenoxy) is 2. The molecule has 0 radical (unpaired) electrons. The highest BCUT2D eigenvalue weighted by Crippen LogP contribution is 2.31. The molecule has 0 aromatic heterocycles. The molecule has 2 rings (SSSR count). The molecule has 0 aliphatic heterocycles. The third-order valence-corrected chi connectivity index (χ3v) is 4.70. The van der Waals surface area contributed by atoms with Crippen LogP contribution in [0.4, 0.5) is 0 Å². The van der Waals surface area contributed by atoms with E-state index < -0.39 is 0 Å². The van der Waals surface area contributed by atoms with Crippen LogP contribution in [0.15, 0.2) is 36.4 Å². The second-order valence-electron chi connectivity index (χ2n) is 6.53. The highest BCUT2D eigenvalue weighted by Gasteiger charge is 2.22. The second kappa shape index (κ2) is 10.0. The van der Waals surface area contributed by atoms with Gasteiger partial charge in [-0.2, -0.15) is 0 Å². The molecule has 0 aliphatic carbocycles. The second-order valence-corrected chi connectivity index (χ2v) is 6.53. The molecule has 0 bridgehead atoms. The van der Waals surface area contributed by atoms with Crippen LogP contribution in [0, 0.1) is 11.8 Å². The summed E-state index contributed by atoms with van der Waals surface area (Å²) in [6, 6.07) is 10.2. The van der Waals surface area contributed by atoms with Crippen LogP contribution in [0.1, 0.15) is 18.1 Å². The fraction of sp³-hybridized carbons (Fsp3) is 0.429. The van der Waals surface area contributed by atoms with Crippen molar-refractivity contribution in [2.75, 3.05) is 26.9 Å². The Bertz CT molecular complexity index is 731. The maximum absolute atomic E-state index is 9.88. The van der Waals surface area contributed by atoms with Crippen molar-refractivity contribution in [2.24, 2.45) is 11.8 Å². The molecular formula is C21H28O6. The molecule has 148 valence electrons. The van der Waals surface area contributed by atoms with E-state index in [1.165, 1.54) is 7.11 Å². The molecule has 0 fully saturated rings. The molecule has 0 saturated carbocycles. The van der Waals surface area contributed by atoms with E-state index in [-0.39, 0.29) is 36.5 Å². The van der Waals surface area contributed by atoms with Crippen LogP contribution < -0.4 is 9.47 Å². The third kappa shape index (κ3) is 5.52. The van der Waals surface area contributed by atoms with Gasteiger partial charge in [0.15, 0.2) is 23.0 Å². The van der Waals surface area contributed by atoms with Crippen molar-refractivity contribution in [2.45, 2.75) is 19.8 Å². The lowest BCUT2D eigenvalue weighted by Gasteiger charge is -2.24. The molecule has 2 atom stereocenters. The Morgan fingerprint density at radius 2 is 1.30 bits per heavy atom. The molecule has 0 amide bonds. The molecule has 0 aliphatic rings. The third-order valence-electron chi connectivity index (χ3n) is 4.70. The number of benzene rings is 2. The van der Waals surface area contributed by atoms with Crippen LogP contribution in [-0.4, -0.2) is 47.4 Å². The molecule has 27 heavy (non-hydrogen) atoms. The SMILES string of the molecule is CCOc1cc(CC(CO)C(CO)Cc2ccc(O)c(OC)c2)ccc1O. The Labute approximate surface area is 159 Å². The molecular weight excluding hydrogens is 348 g/mol. The fourth-order valence-corrected chi connectivity index (χ4v) is 3.17. The summed E-state index contributed by atoms with van der Waals surface area (Å²) in [6.07, 6.45) is 1.08. The monoisotopic (exact) mass is 376 g/mol. The summed E-state index contributed by atoms with van der Waals surface area (Å²) in [6.45, 7) is 2.13. The van der Waals surface area contributed by atoms with E-state index in [0.29, 0.717) is 30.9 Å². The Balaban J connectivity index is 2.15. The van der Waals surface area contributed by atoms with E-state index in [0.717, 1.165) is 11.1 Å². The van der Waals surface area contributed by atoms with Crippen molar-refractivity contribution in [3.05, 3.63) is 47.5 Å². The highest BCUT2D eigenvalue weighted by molar-refractivity contribution is 5.43. The number of methoxy groups -OCH3 is 1. The molecule has 0 heterocycles. The first-order chi connectivity index (χ1) is 13.0. The summed E-state index contributed by atoms with van der Waals surface area (Å²) >= 11 is 0. The van der Waals surface area contributed by atoms with E-state index in [4.69, 9.17) is 9.47 Å². The zero-order valence-electron chi connectivity index (χ0n) is 15.8. The van der Waals surface area contributed by atoms with E-state index in [9.17, 15) is 20.4 Å². The summed E-state index contributed by atoms with van der Waals surface area (Å²) in [5, 5.41) is 39.3. The van der Waals surface area contributed by atoms with Gasteiger partial charge in [0.05, 0.1) is 13.7 Å². The number of aliphatic hydroxyl groups excluding tert-OH is 2. The number of aromatic hydroxyl groups is 2. The summed E-state index contributed by atoms with van der Waals surface area (Å²) in [4.78, 5) is 0. The predicted molar refractivity (Wildman–Crippen MR) is 102 cm³/mol. The number of hydrogen-bond acceptors (Lipinski definition) is 6. The highest BCUT2D eigenvalue weighted by atomic mass is 16.5. The molecule has 0 spiro atoms. The molecule has 6 heteroatoms. The van der Waals surface area contributed by atoms with Crippen LogP contribution in [0.3, 0.4) is 0 Å². The molecule has 2 aromatic carbocycles. The summed E-state index contributed by atoms with van der Waals surface area (Å²) in [5.41, 5.74) is 1.82. The van der Waals surface area contributed by atoms with Crippen molar-refractivity contribution in [3.8, 4) is 23.0 Å². The smallest absolute Gasteiger partial charge is 0.161 e. The summed E-state index contributed by atoms with van der Waals surface area (Å²) in [7, 11) is 1.49. The van der Waals surface area contributed by atoms with Crippen molar-refractivity contribution in [1.82, 2.24) is 0 Å². The molecule has 2 unspecified atom stereocenters. The van der Waals surface area contributed by atoms with Crippen LogP contribution in [0.2, 0.25) is 0 Å². The first-order valence-corrected chi connectivity index (χ1v) is 9.04. The molecule has 4 N–H and O–H groups in total. The van der Waals surface area contributed by atoms with Gasteiger partial charge in [0, 0.05) is 13.2 Å². The van der Waals surface area contributed by atoms with Gasteiger partial charge in [-0.25, -0.2) is 0 Å². The van der Waals surface area contributed by atoms with Crippen molar-refractivity contribution in [1.29, 1.82) is 0 Å². The maximum Gasteiger partial charge on any atom is 0.161 e. The molecule has 2 aromatic rings. The van der Waals surface area contributed by atoms with E-state index in [2.05, 4.69) is 0 Å². The summed E-state index contributed by atoms with van der Waals surface area (Å²) < 4.78 is 10.5. The van der Waals surface area contributed by atoms with Gasteiger partial charge < -0.3 is 29.9 Å². The lowest BCUT2D eigenvalue weighted by Crippen LogP contribution is -2.26. The normalized spacial score (nSPS) is 13.2. The minimum Gasteiger partial charge on any atom is -0.504 e. The van der Waals surface area contributed by atoms with Gasteiger partial charge in [-0.05, 0) is 67.0 Å². The summed E-state index contributed by atoms with van der Waals surface area (Å²) in [5.74, 6) is 0.589. The zero-order chi connectivity index (χ0) is 19.8. The van der Waals surface area contributed by atoms with Crippen LogP contribution >= 0.6 is 0 Å². The van der Waals surface area contributed by atoms with Crippen molar-refractivity contribution < 1.29 is 29.9 Å². The standard InChI is InChI=1S/C21H28O6/c1-3-27-21-11-15(5-7-19(21)25)9-17(13-23)16(12-22)8-14-4-6-18(24)20(10-14)26-2/h4-7,10-11,16-17,22-25H,3,8-9,12-13H2,1-2H3. The van der Waals surface area contributed by atoms with Gasteiger partial charge in [0.1, 0.15) is 0 Å². The average Bonchev–Trinajstić information content (AvgIpc) is 2.68. The van der Waals surface area contributed by atoms with Crippen LogP contribution in [0.25, 0.3) is 0 Å². The van der Waals surface area contributed by atoms with Crippen molar-refractivity contribution in [3.63, 3.8) is 0 Å². The van der Waals surface area contributed by atoms with Gasteiger partial charge in [-0.15, -0.1) is 0 Å². The number of hydrogen-bond donors (Lipinski definition) is 4. The topological polar surface area (TPSA) is 99.4 Å². The average molecular weight is 376 g/mol. The Kier molecular flexibility index (Phi) is 7.76. The van der Waals surface area contributed by atoms with Gasteiger partial charge in [0.25, 0.3) is 0 Å². The Morgan fingerprint density at radius 1 is 0.815 bits per heavy atom. The minimum atomic E-state index is -0.173. The molecule has 0 saturated heterocycles. The van der Waals surface area contributed by atoms with Crippen LogP contribution in [0.5, 0.6) is 23.0 Å². The first kappa shape index (κ1) is 20.9. The largest absolute Gasteiger partial charge is 0.504 e. The number of rotatable bonds is 10.